The average molecular weight is 266 g/mol. The van der Waals surface area contributed by atoms with Crippen LogP contribution >= 0.6 is 0 Å². The molecule has 4 heteroatoms. The number of aryl methyl sites for hydroxylation is 1. The molecule has 0 spiro atoms. The lowest BCUT2D eigenvalue weighted by Crippen LogP contribution is -1.96. The summed E-state index contributed by atoms with van der Waals surface area (Å²) in [7, 11) is 1.67. The molecule has 0 saturated heterocycles. The largest absolute Gasteiger partial charge is 0.495 e. The van der Waals surface area contributed by atoms with Gasteiger partial charge < -0.3 is 15.3 Å². The Kier molecular flexibility index (Phi) is 12.9. The highest BCUT2D eigenvalue weighted by Crippen LogP contribution is 2.20. The first kappa shape index (κ1) is 19.5. The number of nitrogens with zero attached hydrogens (tertiary/aromatic N) is 1. The molecule has 0 fully saturated rings. The number of carbonyl (C=O) groups excluding carboxylic acids is 1. The Morgan fingerprint density at radius 2 is 2.05 bits per heavy atom. The summed E-state index contributed by atoms with van der Waals surface area (Å²) in [6, 6.07) is 2.03. The summed E-state index contributed by atoms with van der Waals surface area (Å²) in [5, 5.41) is 0. The second-order valence-corrected chi connectivity index (χ2v) is 3.56. The molecule has 0 saturated carbocycles. The smallest absolute Gasteiger partial charge is 0.140 e. The number of nitrogens with two attached hydrogens (primary N) is 1. The molecule has 0 atom stereocenters. The van der Waals surface area contributed by atoms with Crippen molar-refractivity contribution in [2.75, 3.05) is 7.11 Å². The molecule has 1 aromatic rings. The predicted molar refractivity (Wildman–Crippen MR) is 81.1 cm³/mol. The Hall–Kier alpha value is -1.84. The molecule has 19 heavy (non-hydrogen) atoms. The van der Waals surface area contributed by atoms with Crippen molar-refractivity contribution < 1.29 is 9.53 Å². The summed E-state index contributed by atoms with van der Waals surface area (Å²) >= 11 is 0. The van der Waals surface area contributed by atoms with Gasteiger partial charge in [-0.1, -0.05) is 27.2 Å². The van der Waals surface area contributed by atoms with Crippen molar-refractivity contribution >= 4 is 12.9 Å². The number of ether oxygens (including phenoxy) is 1. The van der Waals surface area contributed by atoms with E-state index in [2.05, 4.69) is 11.9 Å². The van der Waals surface area contributed by atoms with Gasteiger partial charge in [0.05, 0.1) is 19.0 Å². The summed E-state index contributed by atoms with van der Waals surface area (Å²) in [6.45, 7) is 10.00. The van der Waals surface area contributed by atoms with Crippen LogP contribution in [0.5, 0.6) is 5.75 Å². The molecule has 0 aliphatic heterocycles. The summed E-state index contributed by atoms with van der Waals surface area (Å²) < 4.78 is 5.24. The Labute approximate surface area is 116 Å². The third kappa shape index (κ3) is 7.97. The summed E-state index contributed by atoms with van der Waals surface area (Å²) in [5.74, 6) is 0.851. The van der Waals surface area contributed by atoms with Crippen molar-refractivity contribution in [2.24, 2.45) is 5.73 Å². The zero-order valence-electron chi connectivity index (χ0n) is 12.7. The van der Waals surface area contributed by atoms with Crippen LogP contribution in [0.2, 0.25) is 0 Å². The van der Waals surface area contributed by atoms with Gasteiger partial charge in [-0.25, -0.2) is 0 Å². The lowest BCUT2D eigenvalue weighted by atomic mass is 10.1. The van der Waals surface area contributed by atoms with E-state index >= 15 is 0 Å². The molecule has 0 aliphatic rings. The number of pyridine rings is 1. The Balaban J connectivity index is 0. The first-order chi connectivity index (χ1) is 9.17. The molecule has 1 rings (SSSR count). The molecule has 0 aliphatic carbocycles. The summed E-state index contributed by atoms with van der Waals surface area (Å²) in [6.07, 6.45) is 5.69. The highest BCUT2D eigenvalue weighted by atomic mass is 16.5. The van der Waals surface area contributed by atoms with E-state index in [1.54, 1.807) is 13.3 Å². The molecule has 1 heterocycles. The van der Waals surface area contributed by atoms with Gasteiger partial charge in [0.1, 0.15) is 12.5 Å². The first-order valence-electron chi connectivity index (χ1n) is 6.43. The lowest BCUT2D eigenvalue weighted by Gasteiger charge is -2.07. The number of hydrogen-bond acceptors (Lipinski definition) is 4. The normalized spacial score (nSPS) is 9.63. The highest BCUT2D eigenvalue weighted by molar-refractivity contribution is 5.50. The molecule has 0 aromatic carbocycles. The molecular formula is C15H26N2O2. The zero-order chi connectivity index (χ0) is 15.3. The molecule has 2 N–H and O–H groups in total. The number of allylic oxidation sites excluding steroid dienone is 1. The van der Waals surface area contributed by atoms with Gasteiger partial charge in [0.15, 0.2) is 0 Å². The molecule has 0 amide bonds. The van der Waals surface area contributed by atoms with Crippen LogP contribution in [0.1, 0.15) is 45.4 Å². The van der Waals surface area contributed by atoms with Crippen LogP contribution in [0.25, 0.3) is 6.08 Å². The second kappa shape index (κ2) is 12.6. The summed E-state index contributed by atoms with van der Waals surface area (Å²) in [4.78, 5) is 12.3. The van der Waals surface area contributed by atoms with Gasteiger partial charge in [0, 0.05) is 5.70 Å². The van der Waals surface area contributed by atoms with E-state index in [-0.39, 0.29) is 0 Å². The van der Waals surface area contributed by atoms with Gasteiger partial charge in [-0.2, -0.15) is 0 Å². The van der Waals surface area contributed by atoms with Crippen molar-refractivity contribution in [1.29, 1.82) is 0 Å². The Morgan fingerprint density at radius 1 is 1.47 bits per heavy atom. The Morgan fingerprint density at radius 3 is 2.47 bits per heavy atom. The number of rotatable bonds is 4. The van der Waals surface area contributed by atoms with Crippen LogP contribution in [0.3, 0.4) is 0 Å². The second-order valence-electron chi connectivity index (χ2n) is 3.56. The molecule has 108 valence electrons. The van der Waals surface area contributed by atoms with Crippen LogP contribution in [-0.2, 0) is 11.2 Å². The maximum atomic E-state index is 8.00. The van der Waals surface area contributed by atoms with Crippen molar-refractivity contribution in [3.05, 3.63) is 29.2 Å². The minimum Gasteiger partial charge on any atom is -0.495 e. The minimum atomic E-state index is 0.759. The minimum absolute atomic E-state index is 0.759. The highest BCUT2D eigenvalue weighted by Gasteiger charge is 2.03. The van der Waals surface area contributed by atoms with Gasteiger partial charge >= 0.3 is 0 Å². The molecule has 0 bridgehead atoms. The van der Waals surface area contributed by atoms with E-state index in [4.69, 9.17) is 15.3 Å². The van der Waals surface area contributed by atoms with Gasteiger partial charge in [0.25, 0.3) is 0 Å². The third-order valence-electron chi connectivity index (χ3n) is 2.08. The summed E-state index contributed by atoms with van der Waals surface area (Å²) in [5.41, 5.74) is 8.44. The maximum Gasteiger partial charge on any atom is 0.140 e. The fraction of sp³-hybridized carbons (Fsp3) is 0.467. The van der Waals surface area contributed by atoms with Crippen LogP contribution in [0.4, 0.5) is 0 Å². The lowest BCUT2D eigenvalue weighted by molar-refractivity contribution is -0.0979. The molecule has 1 aromatic heterocycles. The van der Waals surface area contributed by atoms with E-state index in [1.807, 2.05) is 39.7 Å². The SMILES string of the molecule is C=O.CC.CCCc1cc(/C=C(/C)N)ncc1OC. The Bertz CT molecular complexity index is 372. The standard InChI is InChI=1S/C12H18N2O.C2H6.CH2O/c1-4-5-10-7-11(6-9(2)13)14-8-12(10)15-3;2*1-2/h6-8H,4-5,13H2,1-3H3;1-2H3;1H2/b9-6-;;. The molecule has 0 radical (unpaired) electrons. The topological polar surface area (TPSA) is 65.2 Å². The monoisotopic (exact) mass is 266 g/mol. The van der Waals surface area contributed by atoms with E-state index in [1.165, 1.54) is 5.56 Å². The molecule has 0 unspecified atom stereocenters. The van der Waals surface area contributed by atoms with E-state index in [0.717, 1.165) is 30.0 Å². The van der Waals surface area contributed by atoms with Crippen molar-refractivity contribution in [2.45, 2.75) is 40.5 Å². The average Bonchev–Trinajstić information content (AvgIpc) is 2.43. The fourth-order valence-electron chi connectivity index (χ4n) is 1.46. The van der Waals surface area contributed by atoms with Crippen LogP contribution in [-0.4, -0.2) is 18.9 Å². The number of hydrogen-bond donors (Lipinski definition) is 1. The van der Waals surface area contributed by atoms with Crippen molar-refractivity contribution in [1.82, 2.24) is 4.98 Å². The number of methoxy groups -OCH3 is 1. The van der Waals surface area contributed by atoms with Gasteiger partial charge in [-0.15, -0.1) is 0 Å². The fourth-order valence-corrected chi connectivity index (χ4v) is 1.46. The zero-order valence-corrected chi connectivity index (χ0v) is 12.7. The van der Waals surface area contributed by atoms with E-state index in [0.29, 0.717) is 0 Å². The van der Waals surface area contributed by atoms with E-state index < -0.39 is 0 Å². The molecular weight excluding hydrogens is 240 g/mol. The van der Waals surface area contributed by atoms with Crippen LogP contribution in [0.15, 0.2) is 18.0 Å². The van der Waals surface area contributed by atoms with Gasteiger partial charge in [-0.05, 0) is 31.1 Å². The maximum absolute atomic E-state index is 8.00. The van der Waals surface area contributed by atoms with E-state index in [9.17, 15) is 0 Å². The predicted octanol–water partition coefficient (Wildman–Crippen LogP) is 3.20. The van der Waals surface area contributed by atoms with Gasteiger partial charge in [-0.3, -0.25) is 4.98 Å². The number of aromatic nitrogens is 1. The van der Waals surface area contributed by atoms with Gasteiger partial charge in [0.2, 0.25) is 0 Å². The molecule has 4 nitrogen and oxygen atoms in total. The third-order valence-corrected chi connectivity index (χ3v) is 2.08. The van der Waals surface area contributed by atoms with Crippen LogP contribution in [0, 0.1) is 0 Å². The number of carbonyl (C=O) groups is 1. The van der Waals surface area contributed by atoms with Crippen LogP contribution < -0.4 is 10.5 Å². The quantitative estimate of drug-likeness (QED) is 0.908. The van der Waals surface area contributed by atoms with Crippen molar-refractivity contribution in [3.63, 3.8) is 0 Å². The van der Waals surface area contributed by atoms with Crippen molar-refractivity contribution in [3.8, 4) is 5.75 Å². The first-order valence-corrected chi connectivity index (χ1v) is 6.43.